The van der Waals surface area contributed by atoms with Crippen molar-refractivity contribution in [1.82, 2.24) is 25.1 Å². The van der Waals surface area contributed by atoms with Gasteiger partial charge in [0.25, 0.3) is 0 Å². The molecule has 0 spiro atoms. The number of benzene rings is 2. The van der Waals surface area contributed by atoms with E-state index >= 15 is 0 Å². The molecule has 3 aromatic rings. The van der Waals surface area contributed by atoms with Crippen LogP contribution in [-0.4, -0.2) is 59.6 Å². The first-order valence-corrected chi connectivity index (χ1v) is 10.0. The van der Waals surface area contributed by atoms with E-state index in [1.807, 2.05) is 16.8 Å². The number of halogens is 1. The zero-order valence-corrected chi connectivity index (χ0v) is 18.8. The monoisotopic (exact) mass is 445 g/mol. The number of methoxy groups -OCH3 is 3. The molecule has 0 bridgehead atoms. The van der Waals surface area contributed by atoms with Gasteiger partial charge < -0.3 is 14.2 Å². The fourth-order valence-electron chi connectivity index (χ4n) is 4.03. The zero-order valence-electron chi connectivity index (χ0n) is 18.0. The summed E-state index contributed by atoms with van der Waals surface area (Å²) in [6, 6.07) is 14.5. The average Bonchev–Trinajstić information content (AvgIpc) is 3.25. The Morgan fingerprint density at radius 2 is 1.77 bits per heavy atom. The lowest BCUT2D eigenvalue weighted by Gasteiger charge is -2.35. The number of rotatable bonds is 8. The van der Waals surface area contributed by atoms with Crippen molar-refractivity contribution in [2.75, 3.05) is 34.5 Å². The van der Waals surface area contributed by atoms with Crippen molar-refractivity contribution in [2.24, 2.45) is 0 Å². The molecule has 1 unspecified atom stereocenters. The van der Waals surface area contributed by atoms with Crippen LogP contribution in [0.5, 0.6) is 11.5 Å². The smallest absolute Gasteiger partial charge is 0.173 e. The van der Waals surface area contributed by atoms with Crippen LogP contribution < -0.4 is 9.47 Å². The van der Waals surface area contributed by atoms with E-state index in [0.717, 1.165) is 30.9 Å². The summed E-state index contributed by atoms with van der Waals surface area (Å²) in [6.07, 6.45) is 0.986. The Balaban J connectivity index is 0.00000272. The Morgan fingerprint density at radius 1 is 1.00 bits per heavy atom. The van der Waals surface area contributed by atoms with Crippen LogP contribution in [-0.2, 0) is 24.2 Å². The van der Waals surface area contributed by atoms with Gasteiger partial charge in [0.2, 0.25) is 0 Å². The maximum atomic E-state index is 5.56. The van der Waals surface area contributed by atoms with E-state index in [9.17, 15) is 0 Å². The summed E-state index contributed by atoms with van der Waals surface area (Å²) in [7, 11) is 4.97. The topological polar surface area (TPSA) is 74.5 Å². The summed E-state index contributed by atoms with van der Waals surface area (Å²) in [5.41, 5.74) is 3.80. The number of aromatic nitrogens is 4. The predicted octanol–water partition coefficient (Wildman–Crippen LogP) is 2.91. The molecule has 1 aromatic heterocycles. The van der Waals surface area contributed by atoms with Crippen molar-refractivity contribution >= 4 is 12.4 Å². The quantitative estimate of drug-likeness (QED) is 0.527. The van der Waals surface area contributed by atoms with Crippen molar-refractivity contribution in [3.05, 3.63) is 65.0 Å². The SMILES string of the molecule is COCCn1nnnc1C(c1ccc(OC)c(OC)c1)N1CCc2ccccc2C1.Cl. The Morgan fingerprint density at radius 3 is 2.52 bits per heavy atom. The van der Waals surface area contributed by atoms with Gasteiger partial charge in [-0.05, 0) is 45.7 Å². The summed E-state index contributed by atoms with van der Waals surface area (Å²) in [6.45, 7) is 2.87. The fraction of sp³-hybridized carbons (Fsp3) is 0.409. The van der Waals surface area contributed by atoms with E-state index in [1.54, 1.807) is 21.3 Å². The molecular weight excluding hydrogens is 418 g/mol. The summed E-state index contributed by atoms with van der Waals surface area (Å²) >= 11 is 0. The van der Waals surface area contributed by atoms with Crippen LogP contribution in [0, 0.1) is 0 Å². The normalized spacial score (nSPS) is 14.4. The van der Waals surface area contributed by atoms with E-state index in [4.69, 9.17) is 14.2 Å². The van der Waals surface area contributed by atoms with Crippen LogP contribution in [0.4, 0.5) is 0 Å². The molecule has 166 valence electrons. The summed E-state index contributed by atoms with van der Waals surface area (Å²) in [5.74, 6) is 2.18. The van der Waals surface area contributed by atoms with Gasteiger partial charge >= 0.3 is 0 Å². The second-order valence-electron chi connectivity index (χ2n) is 7.26. The number of hydrogen-bond donors (Lipinski definition) is 0. The molecule has 0 saturated carbocycles. The van der Waals surface area contributed by atoms with Gasteiger partial charge in [-0.3, -0.25) is 4.90 Å². The lowest BCUT2D eigenvalue weighted by molar-refractivity contribution is 0.169. The molecule has 0 amide bonds. The lowest BCUT2D eigenvalue weighted by Crippen LogP contribution is -2.36. The molecule has 1 aliphatic heterocycles. The maximum Gasteiger partial charge on any atom is 0.173 e. The first-order chi connectivity index (χ1) is 14.7. The molecule has 9 heteroatoms. The van der Waals surface area contributed by atoms with Gasteiger partial charge in [-0.1, -0.05) is 30.3 Å². The third-order valence-corrected chi connectivity index (χ3v) is 5.56. The average molecular weight is 446 g/mol. The standard InChI is InChI=1S/C22H27N5O3.ClH/c1-28-13-12-27-22(23-24-25-27)21(17-8-9-19(29-2)20(14-17)30-3)26-11-10-16-6-4-5-7-18(16)15-26;/h4-9,14,21H,10-13,15H2,1-3H3;1H. The largest absolute Gasteiger partial charge is 0.493 e. The van der Waals surface area contributed by atoms with Crippen LogP contribution in [0.1, 0.15) is 28.6 Å². The number of hydrogen-bond acceptors (Lipinski definition) is 7. The van der Waals surface area contributed by atoms with E-state index in [-0.39, 0.29) is 18.4 Å². The minimum Gasteiger partial charge on any atom is -0.493 e. The molecule has 2 heterocycles. The van der Waals surface area contributed by atoms with Gasteiger partial charge in [0.1, 0.15) is 0 Å². The third-order valence-electron chi connectivity index (χ3n) is 5.56. The predicted molar refractivity (Wildman–Crippen MR) is 119 cm³/mol. The number of nitrogens with zero attached hydrogens (tertiary/aromatic N) is 5. The Bertz CT molecular complexity index is 997. The molecule has 0 radical (unpaired) electrons. The van der Waals surface area contributed by atoms with Crippen LogP contribution in [0.3, 0.4) is 0 Å². The van der Waals surface area contributed by atoms with Crippen molar-refractivity contribution in [3.63, 3.8) is 0 Å². The molecule has 31 heavy (non-hydrogen) atoms. The first-order valence-electron chi connectivity index (χ1n) is 10.0. The Hall–Kier alpha value is -2.68. The van der Waals surface area contributed by atoms with Crippen molar-refractivity contribution in [1.29, 1.82) is 0 Å². The molecule has 2 aromatic carbocycles. The number of ether oxygens (including phenoxy) is 3. The van der Waals surface area contributed by atoms with E-state index in [1.165, 1.54) is 11.1 Å². The lowest BCUT2D eigenvalue weighted by atomic mass is 9.95. The number of fused-ring (bicyclic) bond motifs is 1. The minimum absolute atomic E-state index is 0. The molecule has 8 nitrogen and oxygen atoms in total. The zero-order chi connectivity index (χ0) is 20.9. The molecular formula is C22H28ClN5O3. The second kappa shape index (κ2) is 10.6. The molecule has 0 saturated heterocycles. The second-order valence-corrected chi connectivity index (χ2v) is 7.26. The van der Waals surface area contributed by atoms with Gasteiger partial charge in [0, 0.05) is 20.2 Å². The van der Waals surface area contributed by atoms with Gasteiger partial charge in [-0.2, -0.15) is 0 Å². The Kier molecular flexibility index (Phi) is 7.84. The third kappa shape index (κ3) is 4.81. The van der Waals surface area contributed by atoms with E-state index in [0.29, 0.717) is 24.7 Å². The van der Waals surface area contributed by atoms with Crippen molar-refractivity contribution in [2.45, 2.75) is 25.6 Å². The van der Waals surface area contributed by atoms with Crippen LogP contribution in [0.15, 0.2) is 42.5 Å². The fourth-order valence-corrected chi connectivity index (χ4v) is 4.03. The van der Waals surface area contributed by atoms with Crippen molar-refractivity contribution < 1.29 is 14.2 Å². The van der Waals surface area contributed by atoms with Gasteiger partial charge in [0.05, 0.1) is 33.4 Å². The van der Waals surface area contributed by atoms with Gasteiger partial charge in [0.15, 0.2) is 17.3 Å². The highest BCUT2D eigenvalue weighted by atomic mass is 35.5. The minimum atomic E-state index is -0.120. The Labute approximate surface area is 188 Å². The molecule has 1 aliphatic rings. The van der Waals surface area contributed by atoms with Crippen LogP contribution in [0.25, 0.3) is 0 Å². The van der Waals surface area contributed by atoms with E-state index < -0.39 is 0 Å². The molecule has 1 atom stereocenters. The van der Waals surface area contributed by atoms with Gasteiger partial charge in [-0.15, -0.1) is 17.5 Å². The number of tetrazole rings is 1. The van der Waals surface area contributed by atoms with E-state index in [2.05, 4.69) is 50.8 Å². The highest BCUT2D eigenvalue weighted by Crippen LogP contribution is 2.36. The molecule has 0 fully saturated rings. The van der Waals surface area contributed by atoms with Crippen LogP contribution in [0.2, 0.25) is 0 Å². The highest BCUT2D eigenvalue weighted by Gasteiger charge is 2.31. The molecule has 0 N–H and O–H groups in total. The molecule has 0 aliphatic carbocycles. The van der Waals surface area contributed by atoms with Gasteiger partial charge in [-0.25, -0.2) is 4.68 Å². The highest BCUT2D eigenvalue weighted by molar-refractivity contribution is 5.85. The summed E-state index contributed by atoms with van der Waals surface area (Å²) in [4.78, 5) is 2.42. The summed E-state index contributed by atoms with van der Waals surface area (Å²) < 4.78 is 18.1. The first kappa shape index (κ1) is 23.0. The maximum absolute atomic E-state index is 5.56. The van der Waals surface area contributed by atoms with Crippen LogP contribution >= 0.6 is 12.4 Å². The molecule has 4 rings (SSSR count). The summed E-state index contributed by atoms with van der Waals surface area (Å²) in [5, 5.41) is 12.6. The van der Waals surface area contributed by atoms with Crippen molar-refractivity contribution in [3.8, 4) is 11.5 Å².